The number of nitrogens with zero attached hydrogens (tertiary/aromatic N) is 6. The molecule has 0 aliphatic carbocycles. The lowest BCUT2D eigenvalue weighted by atomic mass is 9.89. The molecule has 0 aromatic heterocycles. The highest BCUT2D eigenvalue weighted by Gasteiger charge is 2.42. The summed E-state index contributed by atoms with van der Waals surface area (Å²) in [4.78, 5) is 0. The first-order valence-corrected chi connectivity index (χ1v) is 9.27. The lowest BCUT2D eigenvalue weighted by molar-refractivity contribution is -0.143. The van der Waals surface area contributed by atoms with Crippen molar-refractivity contribution in [1.82, 2.24) is 0 Å². The first-order valence-electron chi connectivity index (χ1n) is 9.27. The molecule has 2 rings (SSSR count). The zero-order chi connectivity index (χ0) is 29.2. The summed E-state index contributed by atoms with van der Waals surface area (Å²) in [5.74, 6) is 0. The molecule has 0 aliphatic heterocycles. The third kappa shape index (κ3) is 5.05. The van der Waals surface area contributed by atoms with Crippen LogP contribution in [0.2, 0.25) is 0 Å². The SMILES string of the molecule is N#CC(C#N)=c1cc(C(F)(F)F)/c(=C(\C#N)c2cc(C(F)(F)F)c(C#N)c(C(F)(F)F)c2)c(C#N)c1C#N. The van der Waals surface area contributed by atoms with Crippen LogP contribution in [0.5, 0.6) is 0 Å². The molecule has 0 radical (unpaired) electrons. The molecule has 0 spiro atoms. The molecule has 0 aliphatic rings. The molecule has 6 nitrogen and oxygen atoms in total. The molecule has 188 valence electrons. The maximum Gasteiger partial charge on any atom is 0.417 e. The minimum Gasteiger partial charge on any atom is -0.192 e. The Morgan fingerprint density at radius 1 is 0.526 bits per heavy atom. The highest BCUT2D eigenvalue weighted by Crippen LogP contribution is 2.41. The number of nitriles is 6. The predicted molar refractivity (Wildman–Crippen MR) is 104 cm³/mol. The van der Waals surface area contributed by atoms with E-state index in [-0.39, 0.29) is 18.2 Å². The Balaban J connectivity index is 3.52. The first-order chi connectivity index (χ1) is 17.5. The molecule has 0 unspecified atom stereocenters. The van der Waals surface area contributed by atoms with E-state index in [0.29, 0.717) is 0 Å². The van der Waals surface area contributed by atoms with Crippen molar-refractivity contribution in [1.29, 1.82) is 31.6 Å². The van der Waals surface area contributed by atoms with Crippen molar-refractivity contribution in [3.05, 3.63) is 67.6 Å². The molecule has 0 heterocycles. The molecule has 2 aromatic carbocycles. The van der Waals surface area contributed by atoms with E-state index in [4.69, 9.17) is 15.8 Å². The van der Waals surface area contributed by atoms with E-state index in [1.807, 2.05) is 0 Å². The van der Waals surface area contributed by atoms with Gasteiger partial charge in [-0.3, -0.25) is 0 Å². The number of benzene rings is 2. The normalized spacial score (nSPS) is 12.1. The van der Waals surface area contributed by atoms with Gasteiger partial charge in [0.1, 0.15) is 42.0 Å². The second-order valence-corrected chi connectivity index (χ2v) is 6.96. The van der Waals surface area contributed by atoms with E-state index < -0.39 is 79.1 Å². The Morgan fingerprint density at radius 2 is 0.947 bits per heavy atom. The van der Waals surface area contributed by atoms with Crippen LogP contribution < -0.4 is 10.4 Å². The van der Waals surface area contributed by atoms with E-state index in [0.717, 1.165) is 18.2 Å². The van der Waals surface area contributed by atoms with Gasteiger partial charge in [-0.15, -0.1) is 0 Å². The highest BCUT2D eigenvalue weighted by atomic mass is 19.4. The Kier molecular flexibility index (Phi) is 7.45. The van der Waals surface area contributed by atoms with Gasteiger partial charge in [-0.1, -0.05) is 0 Å². The Hall–Kier alpha value is -5.51. The van der Waals surface area contributed by atoms with Crippen LogP contribution in [0, 0.1) is 68.0 Å². The topological polar surface area (TPSA) is 143 Å². The van der Waals surface area contributed by atoms with E-state index in [9.17, 15) is 55.3 Å². The quantitative estimate of drug-likeness (QED) is 0.500. The monoisotopic (exact) mass is 534 g/mol. The van der Waals surface area contributed by atoms with Crippen LogP contribution >= 0.6 is 0 Å². The lowest BCUT2D eigenvalue weighted by Crippen LogP contribution is -2.31. The van der Waals surface area contributed by atoms with Crippen molar-refractivity contribution in [2.45, 2.75) is 18.5 Å². The van der Waals surface area contributed by atoms with E-state index in [1.54, 1.807) is 0 Å². The molecule has 15 heteroatoms. The van der Waals surface area contributed by atoms with Crippen molar-refractivity contribution in [2.75, 3.05) is 0 Å². The molecule has 38 heavy (non-hydrogen) atoms. The van der Waals surface area contributed by atoms with Gasteiger partial charge in [-0.05, 0) is 23.8 Å². The van der Waals surface area contributed by atoms with Gasteiger partial charge in [-0.25, -0.2) is 0 Å². The number of alkyl halides is 9. The first kappa shape index (κ1) is 28.7. The zero-order valence-corrected chi connectivity index (χ0v) is 17.8. The molecular formula is C23H3F9N6. The molecule has 0 saturated heterocycles. The van der Waals surface area contributed by atoms with Crippen LogP contribution in [0.15, 0.2) is 18.2 Å². The highest BCUT2D eigenvalue weighted by molar-refractivity contribution is 5.82. The number of rotatable bonds is 1. The number of hydrogen-bond acceptors (Lipinski definition) is 6. The Bertz CT molecular complexity index is 1680. The summed E-state index contributed by atoms with van der Waals surface area (Å²) in [7, 11) is 0. The van der Waals surface area contributed by atoms with Crippen LogP contribution in [0.1, 0.15) is 38.9 Å². The summed E-state index contributed by atoms with van der Waals surface area (Å²) in [5, 5.41) is 53.1. The zero-order valence-electron chi connectivity index (χ0n) is 17.8. The summed E-state index contributed by atoms with van der Waals surface area (Å²) in [6.45, 7) is 0. The van der Waals surface area contributed by atoms with Gasteiger partial charge in [0, 0.05) is 10.4 Å². The largest absolute Gasteiger partial charge is 0.417 e. The maximum absolute atomic E-state index is 14.0. The fourth-order valence-electron chi connectivity index (χ4n) is 3.36. The molecular weight excluding hydrogens is 531 g/mol. The average molecular weight is 534 g/mol. The van der Waals surface area contributed by atoms with Crippen LogP contribution in [0.4, 0.5) is 39.5 Å². The van der Waals surface area contributed by atoms with E-state index in [1.165, 1.54) is 18.2 Å². The van der Waals surface area contributed by atoms with Crippen LogP contribution in [-0.4, -0.2) is 0 Å². The lowest BCUT2D eigenvalue weighted by Gasteiger charge is -2.17. The molecule has 0 saturated carbocycles. The van der Waals surface area contributed by atoms with Crippen LogP contribution in [-0.2, 0) is 18.5 Å². The standard InChI is InChI=1S/C23H3F9N6/c24-21(25,26)17-1-10(2-18(16(17)9-38)22(27,28)29)13(6-35)20-15(8-37)14(7-36)12(11(4-33)5-34)3-19(20)23(30,31)32/h1-3H/b20-13+. The third-order valence-corrected chi connectivity index (χ3v) is 4.86. The Morgan fingerprint density at radius 3 is 1.26 bits per heavy atom. The molecule has 0 amide bonds. The summed E-state index contributed by atoms with van der Waals surface area (Å²) in [5.41, 5.74) is -14.8. The van der Waals surface area contributed by atoms with Crippen molar-refractivity contribution < 1.29 is 39.5 Å². The van der Waals surface area contributed by atoms with Gasteiger partial charge in [0.25, 0.3) is 0 Å². The van der Waals surface area contributed by atoms with Gasteiger partial charge in [0.05, 0.1) is 39.0 Å². The minimum absolute atomic E-state index is 0.00677. The van der Waals surface area contributed by atoms with Gasteiger partial charge in [0.15, 0.2) is 0 Å². The number of hydrogen-bond donors (Lipinski definition) is 0. The number of halogens is 9. The van der Waals surface area contributed by atoms with Gasteiger partial charge in [0.2, 0.25) is 0 Å². The average Bonchev–Trinajstić information content (AvgIpc) is 2.82. The molecule has 0 bridgehead atoms. The molecule has 2 aromatic rings. The minimum atomic E-state index is -5.64. The summed E-state index contributed by atoms with van der Waals surface area (Å²) in [6, 6.07) is 6.27. The smallest absolute Gasteiger partial charge is 0.192 e. The second kappa shape index (κ2) is 9.86. The van der Waals surface area contributed by atoms with E-state index in [2.05, 4.69) is 0 Å². The van der Waals surface area contributed by atoms with Gasteiger partial charge in [-0.2, -0.15) is 71.1 Å². The molecule has 0 atom stereocenters. The summed E-state index contributed by atoms with van der Waals surface area (Å²) < 4.78 is 123. The van der Waals surface area contributed by atoms with Gasteiger partial charge >= 0.3 is 18.5 Å². The van der Waals surface area contributed by atoms with Gasteiger partial charge < -0.3 is 0 Å². The van der Waals surface area contributed by atoms with Crippen molar-refractivity contribution in [2.24, 2.45) is 0 Å². The van der Waals surface area contributed by atoms with Crippen LogP contribution in [0.25, 0.3) is 11.1 Å². The maximum atomic E-state index is 14.0. The van der Waals surface area contributed by atoms with E-state index >= 15 is 0 Å². The summed E-state index contributed by atoms with van der Waals surface area (Å²) in [6.07, 6.45) is -16.8. The third-order valence-electron chi connectivity index (χ3n) is 4.86. The molecule has 0 fully saturated rings. The Labute approximate surface area is 205 Å². The predicted octanol–water partition coefficient (Wildman–Crippen LogP) is 4.28. The van der Waals surface area contributed by atoms with Crippen molar-refractivity contribution in [3.8, 4) is 36.4 Å². The fraction of sp³-hybridized carbons (Fsp3) is 0.130. The second-order valence-electron chi connectivity index (χ2n) is 6.96. The summed E-state index contributed by atoms with van der Waals surface area (Å²) >= 11 is 0. The van der Waals surface area contributed by atoms with Crippen LogP contribution in [0.3, 0.4) is 0 Å². The molecule has 0 N–H and O–H groups in total. The van der Waals surface area contributed by atoms with Crippen molar-refractivity contribution >= 4 is 11.1 Å². The fourth-order valence-corrected chi connectivity index (χ4v) is 3.36. The van der Waals surface area contributed by atoms with Crippen molar-refractivity contribution in [3.63, 3.8) is 0 Å².